The third-order valence-electron chi connectivity index (χ3n) is 17.4. The fourth-order valence-electron chi connectivity index (χ4n) is 10.8. The van der Waals surface area contributed by atoms with Crippen LogP contribution in [0.5, 0.6) is 0 Å². The first-order chi connectivity index (χ1) is 43.8. The molecule has 0 saturated carbocycles. The molecule has 0 heterocycles. The van der Waals surface area contributed by atoms with Crippen molar-refractivity contribution < 1.29 is 80.2 Å². The summed E-state index contributed by atoms with van der Waals surface area (Å²) in [6.07, 6.45) is 46.9. The molecule has 3 N–H and O–H groups in total. The van der Waals surface area contributed by atoms with Crippen LogP contribution in [0.15, 0.2) is 0 Å². The van der Waals surface area contributed by atoms with Gasteiger partial charge < -0.3 is 33.8 Å². The highest BCUT2D eigenvalue weighted by Gasteiger charge is 2.30. The van der Waals surface area contributed by atoms with Gasteiger partial charge in [-0.25, -0.2) is 9.13 Å². The molecule has 0 saturated heterocycles. The molecule has 0 fully saturated rings. The first-order valence-corrected chi connectivity index (χ1v) is 40.4. The molecule has 0 rings (SSSR count). The van der Waals surface area contributed by atoms with Crippen molar-refractivity contribution in [3.8, 4) is 0 Å². The molecule has 540 valence electrons. The number of hydrogen-bond donors (Lipinski definition) is 3. The summed E-state index contributed by atoms with van der Waals surface area (Å²) in [5.74, 6) is 0.217. The van der Waals surface area contributed by atoms with E-state index in [9.17, 15) is 43.2 Å². The lowest BCUT2D eigenvalue weighted by molar-refractivity contribution is -0.161. The van der Waals surface area contributed by atoms with E-state index in [2.05, 4.69) is 48.5 Å². The molecule has 0 aromatic rings. The summed E-state index contributed by atoms with van der Waals surface area (Å²) in [6, 6.07) is 0. The van der Waals surface area contributed by atoms with E-state index in [1.54, 1.807) is 0 Å². The number of carbonyl (C=O) groups excluding carboxylic acids is 4. The second-order valence-corrected chi connectivity index (χ2v) is 29.8. The minimum atomic E-state index is -4.95. The van der Waals surface area contributed by atoms with Gasteiger partial charge in [-0.05, 0) is 43.4 Å². The molecule has 4 unspecified atom stereocenters. The fraction of sp³-hybridized carbons (Fsp3) is 0.944. The van der Waals surface area contributed by atoms with Gasteiger partial charge in [-0.1, -0.05) is 312 Å². The summed E-state index contributed by atoms with van der Waals surface area (Å²) in [5.41, 5.74) is 0. The van der Waals surface area contributed by atoms with E-state index in [1.165, 1.54) is 173 Å². The number of ether oxygens (including phenoxy) is 4. The number of phosphoric ester groups is 2. The molecule has 0 aromatic heterocycles. The van der Waals surface area contributed by atoms with Gasteiger partial charge in [0.1, 0.15) is 19.3 Å². The van der Waals surface area contributed by atoms with E-state index >= 15 is 0 Å². The Morgan fingerprint density at radius 3 is 0.835 bits per heavy atom. The Bertz CT molecular complexity index is 1790. The summed E-state index contributed by atoms with van der Waals surface area (Å²) in [5, 5.41) is 10.6. The molecule has 0 spiro atoms. The van der Waals surface area contributed by atoms with Crippen molar-refractivity contribution in [3.05, 3.63) is 0 Å². The normalized spacial score (nSPS) is 14.8. The molecular formula is C72H140O17P2. The van der Waals surface area contributed by atoms with Gasteiger partial charge in [0.05, 0.1) is 26.4 Å². The Morgan fingerprint density at radius 1 is 0.319 bits per heavy atom. The van der Waals surface area contributed by atoms with Gasteiger partial charge in [-0.15, -0.1) is 0 Å². The number of esters is 4. The van der Waals surface area contributed by atoms with E-state index < -0.39 is 97.5 Å². The van der Waals surface area contributed by atoms with Crippen LogP contribution in [0.4, 0.5) is 0 Å². The quantitative estimate of drug-likeness (QED) is 0.0222. The third-order valence-corrected chi connectivity index (χ3v) is 19.3. The van der Waals surface area contributed by atoms with Gasteiger partial charge in [-0.3, -0.25) is 37.3 Å². The monoisotopic (exact) mass is 1340 g/mol. The molecule has 0 bridgehead atoms. The van der Waals surface area contributed by atoms with E-state index in [0.717, 1.165) is 108 Å². The SMILES string of the molecule is CCCCCCCCCCCCCCC(=O)O[C@H](COC(=O)CCCCCCCCCCC(C)C)COP(=O)(O)OC[C@H](O)COP(=O)(O)OC[C@@H](COC(=O)CCCCCCCCCCCCC(C)CC)OC(=O)CCCCCCCCCCCCC(C)CC. The first kappa shape index (κ1) is 89.1. The summed E-state index contributed by atoms with van der Waals surface area (Å²) in [6.45, 7) is 11.9. The smallest absolute Gasteiger partial charge is 0.462 e. The predicted molar refractivity (Wildman–Crippen MR) is 368 cm³/mol. The van der Waals surface area contributed by atoms with Gasteiger partial charge in [0.25, 0.3) is 0 Å². The second-order valence-electron chi connectivity index (χ2n) is 26.9. The molecule has 0 aliphatic rings. The molecule has 91 heavy (non-hydrogen) atoms. The number of hydrogen-bond acceptors (Lipinski definition) is 15. The summed E-state index contributed by atoms with van der Waals surface area (Å²) >= 11 is 0. The Labute approximate surface area is 556 Å². The maximum absolute atomic E-state index is 13.0. The Morgan fingerprint density at radius 2 is 0.560 bits per heavy atom. The van der Waals surface area contributed by atoms with Crippen LogP contribution in [0.3, 0.4) is 0 Å². The van der Waals surface area contributed by atoms with Crippen LogP contribution < -0.4 is 0 Å². The molecule has 0 aliphatic carbocycles. The van der Waals surface area contributed by atoms with Gasteiger partial charge >= 0.3 is 39.5 Å². The Kier molecular flexibility index (Phi) is 61.5. The van der Waals surface area contributed by atoms with E-state index in [4.69, 9.17) is 37.0 Å². The van der Waals surface area contributed by atoms with Crippen molar-refractivity contribution >= 4 is 39.5 Å². The molecular weight excluding hydrogens is 1200 g/mol. The van der Waals surface area contributed by atoms with Gasteiger partial charge in [0.2, 0.25) is 0 Å². The van der Waals surface area contributed by atoms with E-state index in [1.807, 2.05) is 0 Å². The molecule has 19 heteroatoms. The van der Waals surface area contributed by atoms with Gasteiger partial charge in [0.15, 0.2) is 12.2 Å². The largest absolute Gasteiger partial charge is 0.472 e. The van der Waals surface area contributed by atoms with E-state index in [-0.39, 0.29) is 25.7 Å². The van der Waals surface area contributed by atoms with Crippen LogP contribution in [-0.2, 0) is 65.4 Å². The van der Waals surface area contributed by atoms with Crippen LogP contribution in [0, 0.1) is 17.8 Å². The zero-order chi connectivity index (χ0) is 67.3. The lowest BCUT2D eigenvalue weighted by Gasteiger charge is -2.21. The average Bonchev–Trinajstić information content (AvgIpc) is 3.31. The molecule has 0 radical (unpaired) electrons. The lowest BCUT2D eigenvalue weighted by atomic mass is 9.99. The van der Waals surface area contributed by atoms with Crippen LogP contribution in [-0.4, -0.2) is 96.7 Å². The number of phosphoric acid groups is 2. The highest BCUT2D eigenvalue weighted by molar-refractivity contribution is 7.47. The maximum atomic E-state index is 13.0. The molecule has 17 nitrogen and oxygen atoms in total. The number of rotatable bonds is 70. The summed E-state index contributed by atoms with van der Waals surface area (Å²) in [7, 11) is -9.91. The standard InChI is InChI=1S/C72H140O17P2/c1-8-11-12-13-14-15-16-17-25-34-41-48-55-71(76)88-68(60-83-70(75)54-47-40-33-28-27-29-36-43-50-63(4)5)62-87-91(80,81)85-58-66(73)57-84-90(78,79)86-61-67(89-72(77)56-49-42-35-26-21-19-23-31-38-45-52-65(7)10-3)59-82-69(74)53-46-39-32-24-20-18-22-30-37-44-51-64(6)9-2/h63-68,73H,8-62H2,1-7H3,(H,78,79)(H,80,81)/t64?,65?,66-,67-,68-/m1/s1. The van der Waals surface area contributed by atoms with Gasteiger partial charge in [-0.2, -0.15) is 0 Å². The topological polar surface area (TPSA) is 237 Å². The summed E-state index contributed by atoms with van der Waals surface area (Å²) in [4.78, 5) is 72.7. The van der Waals surface area contributed by atoms with Crippen LogP contribution in [0.2, 0.25) is 0 Å². The lowest BCUT2D eigenvalue weighted by Crippen LogP contribution is -2.30. The Hall–Kier alpha value is -1.94. The fourth-order valence-corrected chi connectivity index (χ4v) is 12.4. The van der Waals surface area contributed by atoms with Crippen molar-refractivity contribution in [2.24, 2.45) is 17.8 Å². The van der Waals surface area contributed by atoms with Crippen LogP contribution in [0.1, 0.15) is 363 Å². The number of aliphatic hydroxyl groups excluding tert-OH is 1. The van der Waals surface area contributed by atoms with Crippen LogP contribution >= 0.6 is 15.6 Å². The average molecular weight is 1340 g/mol. The number of carbonyl (C=O) groups is 4. The molecule has 0 amide bonds. The molecule has 7 atom stereocenters. The molecule has 0 aromatic carbocycles. The number of unbranched alkanes of at least 4 members (excludes halogenated alkanes) is 36. The highest BCUT2D eigenvalue weighted by atomic mass is 31.2. The van der Waals surface area contributed by atoms with E-state index in [0.29, 0.717) is 25.7 Å². The zero-order valence-corrected chi connectivity index (χ0v) is 61.1. The minimum absolute atomic E-state index is 0.106. The molecule has 0 aliphatic heterocycles. The Balaban J connectivity index is 5.27. The minimum Gasteiger partial charge on any atom is -0.462 e. The van der Waals surface area contributed by atoms with Crippen molar-refractivity contribution in [3.63, 3.8) is 0 Å². The first-order valence-electron chi connectivity index (χ1n) is 37.4. The third kappa shape index (κ3) is 63.9. The summed E-state index contributed by atoms with van der Waals surface area (Å²) < 4.78 is 68.4. The number of aliphatic hydroxyl groups is 1. The van der Waals surface area contributed by atoms with Crippen LogP contribution in [0.25, 0.3) is 0 Å². The van der Waals surface area contributed by atoms with Crippen molar-refractivity contribution in [2.75, 3.05) is 39.6 Å². The highest BCUT2D eigenvalue weighted by Crippen LogP contribution is 2.45. The second kappa shape index (κ2) is 62.8. The predicted octanol–water partition coefficient (Wildman–Crippen LogP) is 20.6. The maximum Gasteiger partial charge on any atom is 0.472 e. The zero-order valence-electron chi connectivity index (χ0n) is 59.3. The van der Waals surface area contributed by atoms with Crippen molar-refractivity contribution in [2.45, 2.75) is 381 Å². The van der Waals surface area contributed by atoms with Gasteiger partial charge in [0, 0.05) is 25.7 Å². The van der Waals surface area contributed by atoms with Crippen molar-refractivity contribution in [1.82, 2.24) is 0 Å². The van der Waals surface area contributed by atoms with Crippen molar-refractivity contribution in [1.29, 1.82) is 0 Å².